The number of amides is 1. The molecular weight excluding hydrogens is 320 g/mol. The minimum atomic E-state index is -1.05. The number of nitrogens with zero attached hydrogens (tertiary/aromatic N) is 2. The first-order valence-corrected chi connectivity index (χ1v) is 7.06. The lowest BCUT2D eigenvalue weighted by Crippen LogP contribution is -2.15. The van der Waals surface area contributed by atoms with E-state index in [1.165, 1.54) is 30.5 Å². The van der Waals surface area contributed by atoms with Crippen LogP contribution < -0.4 is 10.6 Å². The number of nitrogens with one attached hydrogen (secondary N) is 2. The predicted octanol–water partition coefficient (Wildman–Crippen LogP) is 2.71. The molecule has 0 fully saturated rings. The monoisotopic (exact) mass is 332 g/mol. The first-order chi connectivity index (χ1) is 12.0. The van der Waals surface area contributed by atoms with Gasteiger partial charge in [0.2, 0.25) is 0 Å². The number of carbonyl (C=O) groups excluding carboxylic acids is 1. The van der Waals surface area contributed by atoms with Crippen LogP contribution in [-0.4, -0.2) is 17.0 Å². The lowest BCUT2D eigenvalue weighted by Gasteiger charge is -2.06. The summed E-state index contributed by atoms with van der Waals surface area (Å²) in [4.78, 5) is 22.9. The summed E-state index contributed by atoms with van der Waals surface area (Å²) in [6.07, 6.45) is 1.21. The van der Waals surface area contributed by atoms with Crippen LogP contribution in [0.25, 0.3) is 0 Å². The third-order valence-corrected chi connectivity index (χ3v) is 3.18. The molecule has 0 aliphatic heterocycles. The van der Waals surface area contributed by atoms with Crippen molar-refractivity contribution in [3.8, 4) is 12.1 Å². The van der Waals surface area contributed by atoms with Gasteiger partial charge in [-0.3, -0.25) is 4.79 Å². The molecule has 2 aromatic rings. The summed E-state index contributed by atoms with van der Waals surface area (Å²) >= 11 is 0. The molecule has 2 aromatic carbocycles. The van der Waals surface area contributed by atoms with Crippen molar-refractivity contribution in [3.63, 3.8) is 0 Å². The normalized spacial score (nSPS) is 10.2. The zero-order valence-corrected chi connectivity index (χ0v) is 12.9. The van der Waals surface area contributed by atoms with Gasteiger partial charge in [-0.1, -0.05) is 12.1 Å². The number of aromatic carboxylic acids is 1. The van der Waals surface area contributed by atoms with Crippen LogP contribution in [0.5, 0.6) is 0 Å². The number of rotatable bonds is 5. The zero-order chi connectivity index (χ0) is 18.2. The van der Waals surface area contributed by atoms with Crippen LogP contribution in [0.3, 0.4) is 0 Å². The smallest absolute Gasteiger partial charge is 0.335 e. The Morgan fingerprint density at radius 3 is 2.32 bits per heavy atom. The van der Waals surface area contributed by atoms with E-state index in [2.05, 4.69) is 10.6 Å². The third-order valence-electron chi connectivity index (χ3n) is 3.18. The van der Waals surface area contributed by atoms with Gasteiger partial charge in [0.1, 0.15) is 17.7 Å². The average Bonchev–Trinajstić information content (AvgIpc) is 2.63. The van der Waals surface area contributed by atoms with Gasteiger partial charge in [0.05, 0.1) is 16.8 Å². The van der Waals surface area contributed by atoms with Gasteiger partial charge in [0, 0.05) is 11.9 Å². The van der Waals surface area contributed by atoms with Crippen LogP contribution in [0.2, 0.25) is 0 Å². The van der Waals surface area contributed by atoms with Crippen molar-refractivity contribution in [3.05, 3.63) is 71.4 Å². The average molecular weight is 332 g/mol. The van der Waals surface area contributed by atoms with Crippen molar-refractivity contribution in [2.45, 2.75) is 0 Å². The maximum atomic E-state index is 12.1. The molecule has 0 spiro atoms. The van der Waals surface area contributed by atoms with E-state index in [1.807, 2.05) is 6.07 Å². The fourth-order valence-corrected chi connectivity index (χ4v) is 1.89. The van der Waals surface area contributed by atoms with Gasteiger partial charge >= 0.3 is 5.97 Å². The van der Waals surface area contributed by atoms with Gasteiger partial charge < -0.3 is 15.7 Å². The minimum Gasteiger partial charge on any atom is -0.478 e. The second-order valence-electron chi connectivity index (χ2n) is 4.81. The van der Waals surface area contributed by atoms with Crippen molar-refractivity contribution in [1.29, 1.82) is 10.5 Å². The summed E-state index contributed by atoms with van der Waals surface area (Å²) in [5, 5.41) is 32.2. The number of benzene rings is 2. The number of carboxylic acids is 1. The topological polar surface area (TPSA) is 126 Å². The lowest BCUT2D eigenvalue weighted by atomic mass is 10.2. The quantitative estimate of drug-likeness (QED) is 0.571. The van der Waals surface area contributed by atoms with E-state index in [4.69, 9.17) is 15.6 Å². The lowest BCUT2D eigenvalue weighted by molar-refractivity contribution is -0.112. The Labute approximate surface area is 143 Å². The Kier molecular flexibility index (Phi) is 5.49. The van der Waals surface area contributed by atoms with Crippen LogP contribution in [0, 0.1) is 22.7 Å². The first-order valence-electron chi connectivity index (χ1n) is 7.06. The van der Waals surface area contributed by atoms with Crippen LogP contribution in [0.1, 0.15) is 15.9 Å². The predicted molar refractivity (Wildman–Crippen MR) is 90.5 cm³/mol. The maximum absolute atomic E-state index is 12.1. The molecular formula is C18H12N4O3. The van der Waals surface area contributed by atoms with Gasteiger partial charge in [0.25, 0.3) is 5.91 Å². The summed E-state index contributed by atoms with van der Waals surface area (Å²) in [6, 6.07) is 16.0. The molecule has 0 radical (unpaired) electrons. The highest BCUT2D eigenvalue weighted by Gasteiger charge is 2.11. The molecule has 7 heteroatoms. The van der Waals surface area contributed by atoms with E-state index in [1.54, 1.807) is 30.3 Å². The Morgan fingerprint density at radius 2 is 1.72 bits per heavy atom. The molecule has 0 heterocycles. The number of hydrogen-bond acceptors (Lipinski definition) is 5. The molecule has 0 aliphatic rings. The van der Waals surface area contributed by atoms with Gasteiger partial charge in [-0.05, 0) is 36.4 Å². The van der Waals surface area contributed by atoms with Crippen LogP contribution in [0.15, 0.2) is 60.3 Å². The Hall–Kier alpha value is -4.10. The molecule has 0 saturated heterocycles. The summed E-state index contributed by atoms with van der Waals surface area (Å²) in [7, 11) is 0. The molecule has 3 N–H and O–H groups in total. The molecule has 0 bridgehead atoms. The number of carbonyl (C=O) groups is 2. The van der Waals surface area contributed by atoms with Crippen molar-refractivity contribution in [1.82, 2.24) is 0 Å². The summed E-state index contributed by atoms with van der Waals surface area (Å²) in [6.45, 7) is 0. The SMILES string of the molecule is N#C/C(=C/Nc1ccc(C(=O)O)cc1)C(=O)Nc1ccccc1C#N. The van der Waals surface area contributed by atoms with E-state index < -0.39 is 11.9 Å². The second-order valence-corrected chi connectivity index (χ2v) is 4.81. The van der Waals surface area contributed by atoms with Crippen molar-refractivity contribution < 1.29 is 14.7 Å². The van der Waals surface area contributed by atoms with E-state index in [-0.39, 0.29) is 16.7 Å². The van der Waals surface area contributed by atoms with Crippen molar-refractivity contribution >= 4 is 23.3 Å². The van der Waals surface area contributed by atoms with Crippen LogP contribution in [-0.2, 0) is 4.79 Å². The first kappa shape index (κ1) is 17.3. The van der Waals surface area contributed by atoms with E-state index in [0.717, 1.165) is 0 Å². The second kappa shape index (κ2) is 7.95. The van der Waals surface area contributed by atoms with E-state index in [0.29, 0.717) is 11.4 Å². The van der Waals surface area contributed by atoms with Gasteiger partial charge in [-0.25, -0.2) is 4.79 Å². The molecule has 2 rings (SSSR count). The highest BCUT2D eigenvalue weighted by Crippen LogP contribution is 2.15. The highest BCUT2D eigenvalue weighted by atomic mass is 16.4. The fourth-order valence-electron chi connectivity index (χ4n) is 1.89. The Morgan fingerprint density at radius 1 is 1.04 bits per heavy atom. The number of nitriles is 2. The number of para-hydroxylation sites is 1. The maximum Gasteiger partial charge on any atom is 0.335 e. The Balaban J connectivity index is 2.11. The van der Waals surface area contributed by atoms with E-state index in [9.17, 15) is 9.59 Å². The molecule has 0 aliphatic carbocycles. The largest absolute Gasteiger partial charge is 0.478 e. The molecule has 7 nitrogen and oxygen atoms in total. The third kappa shape index (κ3) is 4.44. The minimum absolute atomic E-state index is 0.126. The van der Waals surface area contributed by atoms with E-state index >= 15 is 0 Å². The molecule has 0 saturated carbocycles. The van der Waals surface area contributed by atoms with Gasteiger partial charge in [0.15, 0.2) is 0 Å². The van der Waals surface area contributed by atoms with Crippen LogP contribution in [0.4, 0.5) is 11.4 Å². The van der Waals surface area contributed by atoms with Crippen molar-refractivity contribution in [2.24, 2.45) is 0 Å². The number of carboxylic acid groups (broad SMARTS) is 1. The van der Waals surface area contributed by atoms with Gasteiger partial charge in [-0.15, -0.1) is 0 Å². The van der Waals surface area contributed by atoms with Crippen molar-refractivity contribution in [2.75, 3.05) is 10.6 Å². The molecule has 25 heavy (non-hydrogen) atoms. The number of anilines is 2. The molecule has 122 valence electrons. The molecule has 0 unspecified atom stereocenters. The molecule has 1 amide bonds. The summed E-state index contributed by atoms with van der Waals surface area (Å²) < 4.78 is 0. The Bertz CT molecular complexity index is 919. The molecule has 0 aromatic heterocycles. The summed E-state index contributed by atoms with van der Waals surface area (Å²) in [5.41, 5.74) is 1.03. The summed E-state index contributed by atoms with van der Waals surface area (Å²) in [5.74, 6) is -1.71. The standard InChI is InChI=1S/C18H12N4O3/c19-9-13-3-1-2-4-16(13)22-17(23)14(10-20)11-21-15-7-5-12(6-8-15)18(24)25/h1-8,11,21H,(H,22,23)(H,24,25)/b14-11-. The van der Waals surface area contributed by atoms with Gasteiger partial charge in [-0.2, -0.15) is 10.5 Å². The molecule has 0 atom stereocenters. The number of hydrogen-bond donors (Lipinski definition) is 3. The zero-order valence-electron chi connectivity index (χ0n) is 12.9. The fraction of sp³-hybridized carbons (Fsp3) is 0. The highest BCUT2D eigenvalue weighted by molar-refractivity contribution is 6.07. The van der Waals surface area contributed by atoms with Crippen LogP contribution >= 0.6 is 0 Å².